The molecule has 3 nitrogen and oxygen atoms in total. The molecule has 0 aliphatic heterocycles. The number of hydrogen-bond donors (Lipinski definition) is 1. The van der Waals surface area contributed by atoms with Crippen LogP contribution >= 0.6 is 0 Å². The summed E-state index contributed by atoms with van der Waals surface area (Å²) >= 11 is 0. The summed E-state index contributed by atoms with van der Waals surface area (Å²) in [7, 11) is 0. The van der Waals surface area contributed by atoms with Crippen molar-refractivity contribution < 1.29 is 0 Å². The third-order valence-corrected chi connectivity index (χ3v) is 1.82. The molecule has 0 aromatic carbocycles. The highest BCUT2D eigenvalue weighted by atomic mass is 14.9. The van der Waals surface area contributed by atoms with Gasteiger partial charge in [-0.2, -0.15) is 0 Å². The molecule has 0 saturated heterocycles. The zero-order valence-corrected chi connectivity index (χ0v) is 8.33. The normalized spacial score (nSPS) is 9.46. The van der Waals surface area contributed by atoms with E-state index in [0.29, 0.717) is 0 Å². The van der Waals surface area contributed by atoms with E-state index in [-0.39, 0.29) is 0 Å². The summed E-state index contributed by atoms with van der Waals surface area (Å²) in [6.45, 7) is 6.12. The molecule has 0 fully saturated rings. The molecule has 2 heterocycles. The lowest BCUT2D eigenvalue weighted by molar-refractivity contribution is 1.15. The summed E-state index contributed by atoms with van der Waals surface area (Å²) in [4.78, 5) is 11.1. The molecule has 13 heavy (non-hydrogen) atoms. The van der Waals surface area contributed by atoms with Crippen LogP contribution < -0.4 is 0 Å². The van der Waals surface area contributed by atoms with Gasteiger partial charge in [-0.3, -0.25) is 0 Å². The number of H-pyrrole nitrogens is 1. The molecule has 0 saturated carbocycles. The van der Waals surface area contributed by atoms with Crippen molar-refractivity contribution in [3.63, 3.8) is 0 Å². The molecule has 0 aliphatic carbocycles. The van der Waals surface area contributed by atoms with Crippen LogP contribution in [0.4, 0.5) is 0 Å². The fourth-order valence-corrected chi connectivity index (χ4v) is 1.21. The standard InChI is InChI=1S/C8H9N3.C2H6/c1-2-6-3-10-8-7(6)4-9-5-11-8;1-2/h3-5H,2H2,1H3,(H,9,10,11);1-2H3. The minimum absolute atomic E-state index is 0.928. The average Bonchev–Trinajstić information content (AvgIpc) is 2.64. The molecule has 0 spiro atoms. The van der Waals surface area contributed by atoms with Crippen LogP contribution in [-0.4, -0.2) is 15.0 Å². The van der Waals surface area contributed by atoms with Gasteiger partial charge in [-0.1, -0.05) is 20.8 Å². The maximum Gasteiger partial charge on any atom is 0.140 e. The maximum absolute atomic E-state index is 4.08. The van der Waals surface area contributed by atoms with E-state index in [4.69, 9.17) is 0 Å². The lowest BCUT2D eigenvalue weighted by Crippen LogP contribution is -1.79. The Balaban J connectivity index is 0.000000396. The summed E-state index contributed by atoms with van der Waals surface area (Å²) in [6, 6.07) is 0. The smallest absolute Gasteiger partial charge is 0.140 e. The van der Waals surface area contributed by atoms with Gasteiger partial charge in [0.1, 0.15) is 12.0 Å². The van der Waals surface area contributed by atoms with Gasteiger partial charge in [-0.15, -0.1) is 0 Å². The summed E-state index contributed by atoms with van der Waals surface area (Å²) in [6.07, 6.45) is 6.41. The minimum Gasteiger partial charge on any atom is -0.346 e. The molecule has 2 aromatic rings. The second-order valence-electron chi connectivity index (χ2n) is 2.45. The largest absolute Gasteiger partial charge is 0.346 e. The lowest BCUT2D eigenvalue weighted by atomic mass is 10.2. The van der Waals surface area contributed by atoms with Gasteiger partial charge in [0.05, 0.1) is 0 Å². The van der Waals surface area contributed by atoms with Crippen molar-refractivity contribution in [2.45, 2.75) is 27.2 Å². The fraction of sp³-hybridized carbons (Fsp3) is 0.400. The van der Waals surface area contributed by atoms with Gasteiger partial charge in [0.15, 0.2) is 0 Å². The van der Waals surface area contributed by atoms with Crippen molar-refractivity contribution >= 4 is 11.0 Å². The Labute approximate surface area is 78.2 Å². The number of rotatable bonds is 1. The summed E-state index contributed by atoms with van der Waals surface area (Å²) < 4.78 is 0. The quantitative estimate of drug-likeness (QED) is 0.727. The first-order valence-electron chi connectivity index (χ1n) is 4.67. The number of fused-ring (bicyclic) bond motifs is 1. The first-order chi connectivity index (χ1) is 6.42. The number of nitrogens with one attached hydrogen (secondary N) is 1. The van der Waals surface area contributed by atoms with Crippen LogP contribution in [0.15, 0.2) is 18.7 Å². The van der Waals surface area contributed by atoms with Crippen LogP contribution in [0.3, 0.4) is 0 Å². The second-order valence-corrected chi connectivity index (χ2v) is 2.45. The lowest BCUT2D eigenvalue weighted by Gasteiger charge is -1.89. The Morgan fingerprint density at radius 1 is 1.38 bits per heavy atom. The Bertz CT molecular complexity index is 365. The van der Waals surface area contributed by atoms with Crippen LogP contribution in [-0.2, 0) is 6.42 Å². The zero-order chi connectivity index (χ0) is 9.68. The van der Waals surface area contributed by atoms with Gasteiger partial charge < -0.3 is 4.98 Å². The molecule has 0 amide bonds. The molecule has 0 unspecified atom stereocenters. The second kappa shape index (κ2) is 4.60. The Morgan fingerprint density at radius 3 is 2.85 bits per heavy atom. The van der Waals surface area contributed by atoms with E-state index < -0.39 is 0 Å². The van der Waals surface area contributed by atoms with Crippen LogP contribution in [0.5, 0.6) is 0 Å². The third-order valence-electron chi connectivity index (χ3n) is 1.82. The van der Waals surface area contributed by atoms with Crippen LogP contribution in [0, 0.1) is 0 Å². The van der Waals surface area contributed by atoms with Gasteiger partial charge in [0, 0.05) is 17.8 Å². The highest BCUT2D eigenvalue weighted by Crippen LogP contribution is 2.13. The van der Waals surface area contributed by atoms with E-state index in [1.165, 1.54) is 5.56 Å². The maximum atomic E-state index is 4.08. The first-order valence-corrected chi connectivity index (χ1v) is 4.67. The van der Waals surface area contributed by atoms with Gasteiger partial charge in [-0.25, -0.2) is 9.97 Å². The van der Waals surface area contributed by atoms with Crippen molar-refractivity contribution in [2.24, 2.45) is 0 Å². The van der Waals surface area contributed by atoms with Gasteiger partial charge in [0.25, 0.3) is 0 Å². The van der Waals surface area contributed by atoms with E-state index >= 15 is 0 Å². The van der Waals surface area contributed by atoms with Crippen molar-refractivity contribution in [2.75, 3.05) is 0 Å². The Morgan fingerprint density at radius 2 is 2.15 bits per heavy atom. The molecule has 0 bridgehead atoms. The molecule has 2 aromatic heterocycles. The third kappa shape index (κ3) is 1.86. The van der Waals surface area contributed by atoms with E-state index in [9.17, 15) is 0 Å². The average molecular weight is 177 g/mol. The van der Waals surface area contributed by atoms with Crippen LogP contribution in [0.1, 0.15) is 26.3 Å². The van der Waals surface area contributed by atoms with Crippen LogP contribution in [0.2, 0.25) is 0 Å². The van der Waals surface area contributed by atoms with Crippen molar-refractivity contribution in [1.29, 1.82) is 0 Å². The predicted octanol–water partition coefficient (Wildman–Crippen LogP) is 2.55. The SMILES string of the molecule is CC.CCc1c[nH]c2ncncc12. The van der Waals surface area contributed by atoms with Gasteiger partial charge in [-0.05, 0) is 12.0 Å². The monoisotopic (exact) mass is 177 g/mol. The molecular weight excluding hydrogens is 162 g/mol. The fourth-order valence-electron chi connectivity index (χ4n) is 1.21. The number of aromatic nitrogens is 3. The molecule has 3 heteroatoms. The summed E-state index contributed by atoms with van der Waals surface area (Å²) in [5.74, 6) is 0. The zero-order valence-electron chi connectivity index (χ0n) is 8.33. The Kier molecular flexibility index (Phi) is 3.43. The van der Waals surface area contributed by atoms with Gasteiger partial charge in [0.2, 0.25) is 0 Å². The predicted molar refractivity (Wildman–Crippen MR) is 54.6 cm³/mol. The number of nitrogens with zero attached hydrogens (tertiary/aromatic N) is 2. The molecule has 0 radical (unpaired) electrons. The van der Waals surface area contributed by atoms with Crippen molar-refractivity contribution in [3.05, 3.63) is 24.3 Å². The molecule has 0 aliphatic rings. The molecule has 0 atom stereocenters. The van der Waals surface area contributed by atoms with Crippen LogP contribution in [0.25, 0.3) is 11.0 Å². The van der Waals surface area contributed by atoms with Crippen molar-refractivity contribution in [1.82, 2.24) is 15.0 Å². The first kappa shape index (κ1) is 9.71. The van der Waals surface area contributed by atoms with Gasteiger partial charge >= 0.3 is 0 Å². The molecule has 1 N–H and O–H groups in total. The molecule has 2 rings (SSSR count). The number of hydrogen-bond acceptors (Lipinski definition) is 2. The summed E-state index contributed by atoms with van der Waals surface area (Å²) in [5, 5.41) is 1.13. The molecular formula is C10H15N3. The molecule has 70 valence electrons. The van der Waals surface area contributed by atoms with E-state index in [1.807, 2.05) is 26.2 Å². The van der Waals surface area contributed by atoms with E-state index in [0.717, 1.165) is 17.5 Å². The van der Waals surface area contributed by atoms with E-state index in [2.05, 4.69) is 21.9 Å². The minimum atomic E-state index is 0.928. The van der Waals surface area contributed by atoms with Crippen molar-refractivity contribution in [3.8, 4) is 0 Å². The topological polar surface area (TPSA) is 41.6 Å². The number of aromatic amines is 1. The Hall–Kier alpha value is -1.38. The number of aryl methyl sites for hydroxylation is 1. The highest BCUT2D eigenvalue weighted by molar-refractivity contribution is 5.78. The highest BCUT2D eigenvalue weighted by Gasteiger charge is 2.00. The van der Waals surface area contributed by atoms with E-state index in [1.54, 1.807) is 6.33 Å². The summed E-state index contributed by atoms with van der Waals surface area (Å²) in [5.41, 5.74) is 2.21.